The summed E-state index contributed by atoms with van der Waals surface area (Å²) >= 11 is 15.6. The van der Waals surface area contributed by atoms with Crippen molar-refractivity contribution in [3.05, 3.63) is 62.6 Å². The van der Waals surface area contributed by atoms with Gasteiger partial charge in [0.1, 0.15) is 11.8 Å². The highest BCUT2D eigenvalue weighted by atomic mass is 35.5. The van der Waals surface area contributed by atoms with E-state index in [0.29, 0.717) is 15.7 Å². The number of benzene rings is 1. The van der Waals surface area contributed by atoms with Crippen LogP contribution in [0.25, 0.3) is 5.70 Å². The van der Waals surface area contributed by atoms with Crippen LogP contribution in [0.5, 0.6) is 0 Å². The van der Waals surface area contributed by atoms with E-state index in [1.54, 1.807) is 29.6 Å². The van der Waals surface area contributed by atoms with Crippen molar-refractivity contribution < 1.29 is 0 Å². The van der Waals surface area contributed by atoms with Gasteiger partial charge in [-0.3, -0.25) is 0 Å². The molecule has 0 aliphatic carbocycles. The minimum atomic E-state index is 0.244. The second kappa shape index (κ2) is 6.41. The van der Waals surface area contributed by atoms with Gasteiger partial charge in [0, 0.05) is 33.4 Å². The van der Waals surface area contributed by atoms with Crippen molar-refractivity contribution in [1.82, 2.24) is 4.57 Å². The Kier molecular flexibility index (Phi) is 4.56. The normalized spacial score (nSPS) is 20.3. The molecule has 0 unspecified atom stereocenters. The molecule has 1 aliphatic rings. The molecule has 0 spiro atoms. The predicted octanol–water partition coefficient (Wildman–Crippen LogP) is 5.67. The van der Waals surface area contributed by atoms with Gasteiger partial charge in [0.2, 0.25) is 0 Å². The van der Waals surface area contributed by atoms with Gasteiger partial charge in [0.25, 0.3) is 0 Å². The van der Waals surface area contributed by atoms with Crippen LogP contribution in [0.3, 0.4) is 0 Å². The van der Waals surface area contributed by atoms with Gasteiger partial charge in [-0.2, -0.15) is 5.26 Å². The van der Waals surface area contributed by atoms with Gasteiger partial charge in [0.05, 0.1) is 4.24 Å². The number of thioether (sulfide) groups is 2. The number of hydrogen-bond donors (Lipinski definition) is 0. The van der Waals surface area contributed by atoms with Crippen LogP contribution < -0.4 is 0 Å². The van der Waals surface area contributed by atoms with Crippen molar-refractivity contribution in [2.75, 3.05) is 5.75 Å². The van der Waals surface area contributed by atoms with Crippen LogP contribution in [0.2, 0.25) is 10.0 Å². The Morgan fingerprint density at radius 2 is 2.05 bits per heavy atom. The molecule has 0 bridgehead atoms. The van der Waals surface area contributed by atoms with Crippen LogP contribution in [-0.4, -0.2) is 10.3 Å². The lowest BCUT2D eigenvalue weighted by Crippen LogP contribution is -1.93. The quantitative estimate of drug-likeness (QED) is 0.652. The van der Waals surface area contributed by atoms with Crippen molar-refractivity contribution in [2.45, 2.75) is 5.25 Å². The monoisotopic (exact) mass is 352 g/mol. The molecule has 0 N–H and O–H groups in total. The Morgan fingerprint density at radius 1 is 1.29 bits per heavy atom. The first-order valence-corrected chi connectivity index (χ1v) is 8.83. The Morgan fingerprint density at radius 3 is 2.71 bits per heavy atom. The molecule has 1 aromatic carbocycles. The van der Waals surface area contributed by atoms with E-state index < -0.39 is 0 Å². The maximum absolute atomic E-state index is 9.41. The van der Waals surface area contributed by atoms with Gasteiger partial charge in [-0.05, 0) is 29.8 Å². The molecule has 3 rings (SSSR count). The molecule has 1 aliphatic heterocycles. The lowest BCUT2D eigenvalue weighted by Gasteiger charge is -2.10. The third-order valence-corrected chi connectivity index (χ3v) is 6.57. The lowest BCUT2D eigenvalue weighted by molar-refractivity contribution is 1.13. The van der Waals surface area contributed by atoms with E-state index in [1.165, 1.54) is 0 Å². The zero-order valence-corrected chi connectivity index (χ0v) is 13.9. The highest BCUT2D eigenvalue weighted by Crippen LogP contribution is 2.53. The molecular weight excluding hydrogens is 343 g/mol. The fraction of sp³-hybridized carbons (Fsp3) is 0.133. The fourth-order valence-corrected chi connectivity index (χ4v) is 5.61. The predicted molar refractivity (Wildman–Crippen MR) is 92.5 cm³/mol. The summed E-state index contributed by atoms with van der Waals surface area (Å²) in [5.74, 6) is 0.897. The first kappa shape index (κ1) is 14.9. The van der Waals surface area contributed by atoms with Crippen LogP contribution in [0.15, 0.2) is 47.0 Å². The zero-order valence-electron chi connectivity index (χ0n) is 10.8. The minimum absolute atomic E-state index is 0.244. The summed E-state index contributed by atoms with van der Waals surface area (Å²) in [4.78, 5) is 0. The van der Waals surface area contributed by atoms with Crippen molar-refractivity contribution in [2.24, 2.45) is 0 Å². The third-order valence-electron chi connectivity index (χ3n) is 3.09. The summed E-state index contributed by atoms with van der Waals surface area (Å²) in [6, 6.07) is 11.7. The molecular formula is C15H10Cl2N2S2. The van der Waals surface area contributed by atoms with Crippen molar-refractivity contribution in [1.29, 1.82) is 5.26 Å². The Hall–Kier alpha value is -0.990. The van der Waals surface area contributed by atoms with Crippen molar-refractivity contribution in [3.63, 3.8) is 0 Å². The van der Waals surface area contributed by atoms with Gasteiger partial charge in [-0.1, -0.05) is 29.3 Å². The number of hydrogen-bond acceptors (Lipinski definition) is 3. The number of nitrogens with zero attached hydrogens (tertiary/aromatic N) is 2. The van der Waals surface area contributed by atoms with E-state index in [2.05, 4.69) is 6.07 Å². The Balaban J connectivity index is 1.90. The number of rotatable bonds is 2. The van der Waals surface area contributed by atoms with E-state index in [9.17, 15) is 5.26 Å². The van der Waals surface area contributed by atoms with Gasteiger partial charge in [-0.25, -0.2) is 0 Å². The largest absolute Gasteiger partial charge is 0.314 e. The highest BCUT2D eigenvalue weighted by Gasteiger charge is 2.27. The number of halogens is 2. The zero-order chi connectivity index (χ0) is 14.8. The van der Waals surface area contributed by atoms with Crippen LogP contribution in [0, 0.1) is 11.3 Å². The average molecular weight is 353 g/mol. The number of nitriles is 1. The Bertz CT molecular complexity index is 733. The molecule has 1 aromatic heterocycles. The molecule has 2 nitrogen and oxygen atoms in total. The van der Waals surface area contributed by atoms with Crippen molar-refractivity contribution >= 4 is 52.4 Å². The van der Waals surface area contributed by atoms with Crippen LogP contribution in [0.1, 0.15) is 10.8 Å². The molecule has 0 saturated carbocycles. The van der Waals surface area contributed by atoms with Gasteiger partial charge < -0.3 is 4.57 Å². The second-order valence-electron chi connectivity index (χ2n) is 4.42. The van der Waals surface area contributed by atoms with E-state index in [0.717, 1.165) is 15.6 Å². The second-order valence-corrected chi connectivity index (χ2v) is 7.77. The fourth-order valence-electron chi connectivity index (χ4n) is 2.08. The van der Waals surface area contributed by atoms with Gasteiger partial charge in [0.15, 0.2) is 0 Å². The number of allylic oxidation sites excluding steroid dienone is 1. The van der Waals surface area contributed by atoms with Crippen LogP contribution in [0.4, 0.5) is 0 Å². The summed E-state index contributed by atoms with van der Waals surface area (Å²) < 4.78 is 2.88. The molecule has 1 fully saturated rings. The molecule has 2 heterocycles. The van der Waals surface area contributed by atoms with E-state index in [4.69, 9.17) is 23.2 Å². The standard InChI is InChI=1S/C15H10Cl2N2S2/c16-10-3-4-11(12(17)7-10)14-9-20-15(21-14)13(8-18)19-5-1-2-6-19/h1-7,14H,9H2/b15-13+/t14-/m0/s1. The molecule has 0 amide bonds. The summed E-state index contributed by atoms with van der Waals surface area (Å²) in [5, 5.41) is 11.0. The maximum Gasteiger partial charge on any atom is 0.144 e. The maximum atomic E-state index is 9.41. The molecule has 106 valence electrons. The average Bonchev–Trinajstić information content (AvgIpc) is 3.12. The van der Waals surface area contributed by atoms with Gasteiger partial charge >= 0.3 is 0 Å². The minimum Gasteiger partial charge on any atom is -0.314 e. The summed E-state index contributed by atoms with van der Waals surface area (Å²) in [5.41, 5.74) is 1.74. The molecule has 1 saturated heterocycles. The molecule has 21 heavy (non-hydrogen) atoms. The number of aromatic nitrogens is 1. The topological polar surface area (TPSA) is 28.7 Å². The highest BCUT2D eigenvalue weighted by molar-refractivity contribution is 8.25. The van der Waals surface area contributed by atoms with Gasteiger partial charge in [-0.15, -0.1) is 23.5 Å². The van der Waals surface area contributed by atoms with Crippen molar-refractivity contribution in [3.8, 4) is 6.07 Å². The Labute approximate surface area is 141 Å². The summed E-state index contributed by atoms with van der Waals surface area (Å²) in [6.07, 6.45) is 3.77. The van der Waals surface area contributed by atoms with E-state index in [-0.39, 0.29) is 5.25 Å². The lowest BCUT2D eigenvalue weighted by atomic mass is 10.2. The summed E-state index contributed by atoms with van der Waals surface area (Å²) in [6.45, 7) is 0. The van der Waals surface area contributed by atoms with Crippen LogP contribution in [-0.2, 0) is 0 Å². The smallest absolute Gasteiger partial charge is 0.144 e. The van der Waals surface area contributed by atoms with Crippen LogP contribution >= 0.6 is 46.7 Å². The first-order chi connectivity index (χ1) is 10.2. The third kappa shape index (κ3) is 3.12. The SMILES string of the molecule is N#C/C(=C1/SC[C@@H](c2ccc(Cl)cc2Cl)S1)n1cccc1. The first-order valence-electron chi connectivity index (χ1n) is 6.21. The summed E-state index contributed by atoms with van der Waals surface area (Å²) in [7, 11) is 0. The van der Waals surface area contributed by atoms with E-state index in [1.807, 2.05) is 41.2 Å². The van der Waals surface area contributed by atoms with E-state index >= 15 is 0 Å². The molecule has 6 heteroatoms. The molecule has 1 atom stereocenters. The molecule has 2 aromatic rings. The molecule has 0 radical (unpaired) electrons.